The van der Waals surface area contributed by atoms with Crippen LogP contribution in [-0.2, 0) is 14.8 Å². The quantitative estimate of drug-likeness (QED) is 0.744. The number of nitrogens with one attached hydrogen (secondary N) is 1. The van der Waals surface area contributed by atoms with Crippen LogP contribution < -0.4 is 4.72 Å². The Kier molecular flexibility index (Phi) is 6.03. The van der Waals surface area contributed by atoms with E-state index in [1.807, 2.05) is 0 Å². The van der Waals surface area contributed by atoms with Crippen molar-refractivity contribution in [2.75, 3.05) is 19.6 Å². The van der Waals surface area contributed by atoms with Gasteiger partial charge in [-0.1, -0.05) is 19.3 Å². The Labute approximate surface area is 103 Å². The van der Waals surface area contributed by atoms with Gasteiger partial charge in [0.15, 0.2) is 0 Å². The first-order chi connectivity index (χ1) is 7.60. The molecule has 1 fully saturated rings. The molecule has 96 valence electrons. The highest BCUT2D eigenvalue weighted by Gasteiger charge is 2.28. The molecule has 1 aliphatic carbocycles. The molecule has 1 atom stereocenters. The van der Waals surface area contributed by atoms with Crippen LogP contribution in [-0.4, -0.2) is 39.3 Å². The maximum Gasteiger partial charge on any atom is 0.214 e. The first-order valence-electron chi connectivity index (χ1n) is 5.66. The van der Waals surface area contributed by atoms with E-state index in [9.17, 15) is 8.42 Å². The predicted octanol–water partition coefficient (Wildman–Crippen LogP) is 1.49. The topological polar surface area (TPSA) is 55.4 Å². The van der Waals surface area contributed by atoms with E-state index in [4.69, 9.17) is 16.3 Å². The third-order valence-electron chi connectivity index (χ3n) is 2.88. The molecule has 0 aromatic carbocycles. The van der Waals surface area contributed by atoms with Gasteiger partial charge in [0, 0.05) is 13.0 Å². The van der Waals surface area contributed by atoms with Crippen molar-refractivity contribution < 1.29 is 13.2 Å². The van der Waals surface area contributed by atoms with E-state index in [1.54, 1.807) is 0 Å². The molecule has 0 bridgehead atoms. The average molecular weight is 270 g/mol. The zero-order chi connectivity index (χ0) is 12.0. The lowest BCUT2D eigenvalue weighted by Gasteiger charge is -2.24. The van der Waals surface area contributed by atoms with E-state index in [0.717, 1.165) is 32.1 Å². The minimum atomic E-state index is -3.23. The van der Waals surface area contributed by atoms with Crippen LogP contribution in [0.15, 0.2) is 0 Å². The van der Waals surface area contributed by atoms with Crippen molar-refractivity contribution in [1.82, 2.24) is 4.72 Å². The molecule has 0 heterocycles. The van der Waals surface area contributed by atoms with Gasteiger partial charge in [-0.3, -0.25) is 0 Å². The van der Waals surface area contributed by atoms with Crippen molar-refractivity contribution in [2.45, 2.75) is 43.4 Å². The van der Waals surface area contributed by atoms with Gasteiger partial charge in [0.05, 0.1) is 17.9 Å². The summed E-state index contributed by atoms with van der Waals surface area (Å²) in [7, 11) is -1.70. The van der Waals surface area contributed by atoms with Crippen molar-refractivity contribution in [3.8, 4) is 0 Å². The van der Waals surface area contributed by atoms with Crippen LogP contribution in [0.3, 0.4) is 0 Å². The Hall–Kier alpha value is 0.160. The number of sulfonamides is 1. The van der Waals surface area contributed by atoms with Crippen LogP contribution in [0.1, 0.15) is 32.1 Å². The van der Waals surface area contributed by atoms with Gasteiger partial charge in [0.1, 0.15) is 0 Å². The predicted molar refractivity (Wildman–Crippen MR) is 65.3 cm³/mol. The van der Waals surface area contributed by atoms with Crippen molar-refractivity contribution in [2.24, 2.45) is 0 Å². The molecule has 0 saturated heterocycles. The molecule has 0 aliphatic heterocycles. The fraction of sp³-hybridized carbons (Fsp3) is 1.00. The number of alkyl halides is 1. The fourth-order valence-electron chi connectivity index (χ4n) is 2.02. The van der Waals surface area contributed by atoms with Crippen LogP contribution in [0, 0.1) is 0 Å². The second-order valence-corrected chi connectivity index (χ2v) is 6.53. The Bertz CT molecular complexity index is 288. The van der Waals surface area contributed by atoms with Gasteiger partial charge in [0.25, 0.3) is 0 Å². The summed E-state index contributed by atoms with van der Waals surface area (Å²) in [6.07, 6.45) is 4.67. The van der Waals surface area contributed by atoms with Gasteiger partial charge >= 0.3 is 0 Å². The van der Waals surface area contributed by atoms with Crippen LogP contribution in [0.2, 0.25) is 0 Å². The highest BCUT2D eigenvalue weighted by Crippen LogP contribution is 2.23. The summed E-state index contributed by atoms with van der Waals surface area (Å²) in [5.74, 6) is 0.236. The van der Waals surface area contributed by atoms with E-state index >= 15 is 0 Å². The number of hydrogen-bond acceptors (Lipinski definition) is 3. The lowest BCUT2D eigenvalue weighted by molar-refractivity contribution is 0.181. The fourth-order valence-corrected chi connectivity index (χ4v) is 4.04. The van der Waals surface area contributed by atoms with E-state index in [0.29, 0.717) is 6.61 Å². The summed E-state index contributed by atoms with van der Waals surface area (Å²) in [5, 5.41) is -0.246. The zero-order valence-corrected chi connectivity index (χ0v) is 11.2. The maximum atomic E-state index is 12.0. The minimum absolute atomic E-state index is 0.236. The molecule has 0 radical (unpaired) electrons. The molecule has 1 rings (SSSR count). The summed E-state index contributed by atoms with van der Waals surface area (Å²) in [5.41, 5.74) is 0. The summed E-state index contributed by atoms with van der Waals surface area (Å²) in [6, 6.07) is -0.321. The normalized spacial score (nSPS) is 20.9. The molecule has 0 amide bonds. The molecule has 0 spiro atoms. The molecular weight excluding hydrogens is 250 g/mol. The van der Waals surface area contributed by atoms with E-state index < -0.39 is 10.0 Å². The molecule has 1 aliphatic rings. The number of ether oxygens (including phenoxy) is 1. The van der Waals surface area contributed by atoms with Crippen LogP contribution in [0.4, 0.5) is 0 Å². The highest BCUT2D eigenvalue weighted by atomic mass is 35.5. The van der Waals surface area contributed by atoms with Crippen molar-refractivity contribution in [1.29, 1.82) is 0 Å². The van der Waals surface area contributed by atoms with Crippen LogP contribution >= 0.6 is 11.6 Å². The monoisotopic (exact) mass is 269 g/mol. The zero-order valence-electron chi connectivity index (χ0n) is 9.62. The van der Waals surface area contributed by atoms with E-state index in [1.165, 1.54) is 7.11 Å². The molecule has 4 nitrogen and oxygen atoms in total. The second-order valence-electron chi connectivity index (χ2n) is 4.23. The van der Waals surface area contributed by atoms with Gasteiger partial charge < -0.3 is 4.74 Å². The Morgan fingerprint density at radius 2 is 2.00 bits per heavy atom. The smallest absolute Gasteiger partial charge is 0.214 e. The second kappa shape index (κ2) is 6.79. The first kappa shape index (κ1) is 14.2. The molecule has 16 heavy (non-hydrogen) atoms. The molecule has 0 aromatic heterocycles. The van der Waals surface area contributed by atoms with E-state index in [2.05, 4.69) is 4.72 Å². The molecule has 1 saturated carbocycles. The number of methoxy groups -OCH3 is 1. The number of rotatable bonds is 6. The summed E-state index contributed by atoms with van der Waals surface area (Å²) in [4.78, 5) is 0. The molecule has 1 unspecified atom stereocenters. The summed E-state index contributed by atoms with van der Waals surface area (Å²) >= 11 is 5.68. The lowest BCUT2D eigenvalue weighted by Crippen LogP contribution is -2.44. The first-order valence-corrected chi connectivity index (χ1v) is 7.74. The van der Waals surface area contributed by atoms with Gasteiger partial charge in [-0.05, 0) is 12.8 Å². The molecule has 1 N–H and O–H groups in total. The Morgan fingerprint density at radius 3 is 2.50 bits per heavy atom. The third-order valence-corrected chi connectivity index (χ3v) is 5.26. The molecule has 6 heteroatoms. The van der Waals surface area contributed by atoms with Crippen molar-refractivity contribution >= 4 is 21.6 Å². The third kappa shape index (κ3) is 4.20. The van der Waals surface area contributed by atoms with Crippen LogP contribution in [0.25, 0.3) is 0 Å². The van der Waals surface area contributed by atoms with Gasteiger partial charge in [-0.25, -0.2) is 13.1 Å². The van der Waals surface area contributed by atoms with Gasteiger partial charge in [-0.15, -0.1) is 11.6 Å². The Morgan fingerprint density at radius 1 is 1.38 bits per heavy atom. The Balaban J connectivity index is 2.54. The highest BCUT2D eigenvalue weighted by molar-refractivity contribution is 7.90. The van der Waals surface area contributed by atoms with Crippen molar-refractivity contribution in [3.63, 3.8) is 0 Å². The molecular formula is C10H20ClNO3S. The SMILES string of the molecule is COCC(CCl)NS(=O)(=O)C1CCCCC1. The van der Waals surface area contributed by atoms with Gasteiger partial charge in [-0.2, -0.15) is 0 Å². The lowest BCUT2D eigenvalue weighted by atomic mass is 10.0. The van der Waals surface area contributed by atoms with Crippen molar-refractivity contribution in [3.05, 3.63) is 0 Å². The number of halogens is 1. The summed E-state index contributed by atoms with van der Waals surface area (Å²) in [6.45, 7) is 0.315. The largest absolute Gasteiger partial charge is 0.383 e. The van der Waals surface area contributed by atoms with E-state index in [-0.39, 0.29) is 17.2 Å². The average Bonchev–Trinajstić information content (AvgIpc) is 2.29. The maximum absolute atomic E-state index is 12.0. The van der Waals surface area contributed by atoms with Gasteiger partial charge in [0.2, 0.25) is 10.0 Å². The summed E-state index contributed by atoms with van der Waals surface area (Å²) < 4.78 is 31.6. The standard InChI is InChI=1S/C10H20ClNO3S/c1-15-8-9(7-11)12-16(13,14)10-5-3-2-4-6-10/h9-10,12H,2-8H2,1H3. The number of hydrogen-bond donors (Lipinski definition) is 1. The molecule has 0 aromatic rings. The minimum Gasteiger partial charge on any atom is -0.383 e. The van der Waals surface area contributed by atoms with Crippen LogP contribution in [0.5, 0.6) is 0 Å².